The number of anilines is 2. The largest absolute Gasteiger partial charge is 0.448 e. The van der Waals surface area contributed by atoms with E-state index < -0.39 is 6.09 Å². The molecule has 0 unspecified atom stereocenters. The number of hydrogen-bond donors (Lipinski definition) is 1. The van der Waals surface area contributed by atoms with Crippen molar-refractivity contribution >= 4 is 23.8 Å². The zero-order chi connectivity index (χ0) is 17.8. The van der Waals surface area contributed by atoms with Crippen molar-refractivity contribution in [3.05, 3.63) is 11.8 Å². The summed E-state index contributed by atoms with van der Waals surface area (Å²) >= 11 is 0. The lowest BCUT2D eigenvalue weighted by molar-refractivity contribution is -0.132. The molecule has 136 valence electrons. The molecule has 25 heavy (non-hydrogen) atoms. The molecule has 2 aliphatic heterocycles. The predicted octanol–water partition coefficient (Wildman–Crippen LogP) is 0.318. The highest BCUT2D eigenvalue weighted by molar-refractivity contribution is 5.83. The molecule has 3 rings (SSSR count). The van der Waals surface area contributed by atoms with Gasteiger partial charge < -0.3 is 19.9 Å². The van der Waals surface area contributed by atoms with Crippen molar-refractivity contribution in [1.82, 2.24) is 19.8 Å². The van der Waals surface area contributed by atoms with Crippen LogP contribution in [0.5, 0.6) is 0 Å². The molecule has 2 amide bonds. The minimum Gasteiger partial charge on any atom is -0.448 e. The Bertz CT molecular complexity index is 645. The van der Waals surface area contributed by atoms with Crippen LogP contribution in [0, 0.1) is 6.92 Å². The van der Waals surface area contributed by atoms with Gasteiger partial charge in [0.25, 0.3) is 0 Å². The maximum absolute atomic E-state index is 12.4. The Hall–Kier alpha value is -2.58. The van der Waals surface area contributed by atoms with Crippen LogP contribution in [-0.4, -0.2) is 84.2 Å². The van der Waals surface area contributed by atoms with Gasteiger partial charge in [-0.1, -0.05) is 0 Å². The molecule has 2 fully saturated rings. The second-order valence-corrected chi connectivity index (χ2v) is 6.13. The van der Waals surface area contributed by atoms with E-state index >= 15 is 0 Å². The van der Waals surface area contributed by atoms with E-state index in [4.69, 9.17) is 4.74 Å². The van der Waals surface area contributed by atoms with E-state index in [-0.39, 0.29) is 12.5 Å². The Kier molecular flexibility index (Phi) is 5.20. The summed E-state index contributed by atoms with van der Waals surface area (Å²) in [5.74, 6) is 1.47. The first kappa shape index (κ1) is 17.2. The van der Waals surface area contributed by atoms with E-state index in [1.165, 1.54) is 4.90 Å². The van der Waals surface area contributed by atoms with E-state index in [0.717, 1.165) is 18.1 Å². The molecule has 2 aliphatic rings. The molecule has 0 atom stereocenters. The molecule has 9 heteroatoms. The molecule has 0 radical (unpaired) electrons. The second kappa shape index (κ2) is 7.54. The molecule has 0 spiro atoms. The molecule has 0 aromatic carbocycles. The van der Waals surface area contributed by atoms with Crippen molar-refractivity contribution in [2.24, 2.45) is 0 Å². The zero-order valence-electron chi connectivity index (χ0n) is 14.7. The highest BCUT2D eigenvalue weighted by Crippen LogP contribution is 2.17. The van der Waals surface area contributed by atoms with E-state index in [1.807, 2.05) is 19.9 Å². The van der Waals surface area contributed by atoms with E-state index in [0.29, 0.717) is 45.3 Å². The molecular formula is C16H24N6O3. The lowest BCUT2D eigenvalue weighted by atomic mass is 10.3. The fourth-order valence-electron chi connectivity index (χ4n) is 2.97. The van der Waals surface area contributed by atoms with Gasteiger partial charge in [-0.15, -0.1) is 0 Å². The van der Waals surface area contributed by atoms with E-state index in [2.05, 4.69) is 20.2 Å². The molecule has 9 nitrogen and oxygen atoms in total. The zero-order valence-corrected chi connectivity index (χ0v) is 14.7. The monoisotopic (exact) mass is 348 g/mol. The summed E-state index contributed by atoms with van der Waals surface area (Å²) < 4.78 is 4.86. The minimum atomic E-state index is -0.403. The van der Waals surface area contributed by atoms with Crippen molar-refractivity contribution < 1.29 is 14.3 Å². The van der Waals surface area contributed by atoms with Crippen molar-refractivity contribution in [3.8, 4) is 0 Å². The molecule has 1 N–H and O–H groups in total. The van der Waals surface area contributed by atoms with E-state index in [9.17, 15) is 9.59 Å². The van der Waals surface area contributed by atoms with Crippen molar-refractivity contribution in [1.29, 1.82) is 0 Å². The van der Waals surface area contributed by atoms with Crippen molar-refractivity contribution in [2.45, 2.75) is 13.8 Å². The first-order valence-corrected chi connectivity index (χ1v) is 8.61. The number of amides is 2. The summed E-state index contributed by atoms with van der Waals surface area (Å²) in [6, 6.07) is 1.96. The smallest absolute Gasteiger partial charge is 0.410 e. The van der Waals surface area contributed by atoms with Crippen molar-refractivity contribution in [2.75, 3.05) is 62.6 Å². The number of nitrogens with one attached hydrogen (secondary N) is 1. The fourth-order valence-corrected chi connectivity index (χ4v) is 2.97. The predicted molar refractivity (Wildman–Crippen MR) is 92.6 cm³/mol. The van der Waals surface area contributed by atoms with E-state index in [1.54, 1.807) is 4.90 Å². The molecule has 1 aromatic rings. The highest BCUT2D eigenvalue weighted by atomic mass is 16.6. The minimum absolute atomic E-state index is 0.0364. The lowest BCUT2D eigenvalue weighted by Gasteiger charge is -2.36. The SMILES string of the molecule is CCNc1nc(C)cc(N2CCN(C(=O)CN3CCOC3=O)CC2)n1. The van der Waals surface area contributed by atoms with Crippen LogP contribution < -0.4 is 10.2 Å². The fraction of sp³-hybridized carbons (Fsp3) is 0.625. The van der Waals surface area contributed by atoms with Gasteiger partial charge in [-0.2, -0.15) is 4.98 Å². The Morgan fingerprint density at radius 1 is 1.24 bits per heavy atom. The van der Waals surface area contributed by atoms with Crippen LogP contribution in [0.25, 0.3) is 0 Å². The average molecular weight is 348 g/mol. The molecule has 3 heterocycles. The first-order chi connectivity index (χ1) is 12.1. The van der Waals surface area contributed by atoms with Gasteiger partial charge in [0.05, 0.1) is 6.54 Å². The van der Waals surface area contributed by atoms with Crippen LogP contribution in [0.2, 0.25) is 0 Å². The second-order valence-electron chi connectivity index (χ2n) is 6.13. The van der Waals surface area contributed by atoms with Gasteiger partial charge in [-0.3, -0.25) is 9.69 Å². The van der Waals surface area contributed by atoms with Crippen LogP contribution >= 0.6 is 0 Å². The van der Waals surface area contributed by atoms with Crippen LogP contribution in [0.15, 0.2) is 6.07 Å². The lowest BCUT2D eigenvalue weighted by Crippen LogP contribution is -2.51. The van der Waals surface area contributed by atoms with Crippen LogP contribution in [-0.2, 0) is 9.53 Å². The Morgan fingerprint density at radius 2 is 2.00 bits per heavy atom. The Morgan fingerprint density at radius 3 is 2.64 bits per heavy atom. The Labute approximate surface area is 147 Å². The number of aromatic nitrogens is 2. The highest BCUT2D eigenvalue weighted by Gasteiger charge is 2.28. The van der Waals surface area contributed by atoms with Gasteiger partial charge in [-0.05, 0) is 13.8 Å². The number of hydrogen-bond acceptors (Lipinski definition) is 7. The summed E-state index contributed by atoms with van der Waals surface area (Å²) in [4.78, 5) is 38.1. The van der Waals surface area contributed by atoms with Gasteiger partial charge in [0.1, 0.15) is 19.0 Å². The Balaban J connectivity index is 1.56. The van der Waals surface area contributed by atoms with Crippen LogP contribution in [0.1, 0.15) is 12.6 Å². The molecule has 2 saturated heterocycles. The van der Waals surface area contributed by atoms with Gasteiger partial charge in [0.15, 0.2) is 0 Å². The quantitative estimate of drug-likeness (QED) is 0.819. The maximum Gasteiger partial charge on any atom is 0.410 e. The summed E-state index contributed by atoms with van der Waals surface area (Å²) in [5, 5.41) is 3.14. The summed E-state index contributed by atoms with van der Waals surface area (Å²) in [5.41, 5.74) is 0.909. The number of rotatable bonds is 5. The third kappa shape index (κ3) is 4.09. The van der Waals surface area contributed by atoms with Gasteiger partial charge >= 0.3 is 6.09 Å². The normalized spacial score (nSPS) is 17.7. The van der Waals surface area contributed by atoms with Crippen LogP contribution in [0.3, 0.4) is 0 Å². The number of ether oxygens (including phenoxy) is 1. The maximum atomic E-state index is 12.4. The summed E-state index contributed by atoms with van der Waals surface area (Å²) in [6.07, 6.45) is -0.403. The molecule has 0 aliphatic carbocycles. The first-order valence-electron chi connectivity index (χ1n) is 8.61. The topological polar surface area (TPSA) is 90.9 Å². The van der Waals surface area contributed by atoms with Crippen LogP contribution in [0.4, 0.5) is 16.6 Å². The number of piperazine rings is 1. The van der Waals surface area contributed by atoms with Gasteiger partial charge in [0.2, 0.25) is 11.9 Å². The molecular weight excluding hydrogens is 324 g/mol. The number of nitrogens with zero attached hydrogens (tertiary/aromatic N) is 5. The number of aryl methyl sites for hydroxylation is 1. The van der Waals surface area contributed by atoms with Crippen molar-refractivity contribution in [3.63, 3.8) is 0 Å². The number of carbonyl (C=O) groups is 2. The summed E-state index contributed by atoms with van der Waals surface area (Å²) in [7, 11) is 0. The third-order valence-electron chi connectivity index (χ3n) is 4.30. The number of cyclic esters (lactones) is 1. The third-order valence-corrected chi connectivity index (χ3v) is 4.30. The molecule has 1 aromatic heterocycles. The molecule has 0 saturated carbocycles. The van der Waals surface area contributed by atoms with Gasteiger partial charge in [-0.25, -0.2) is 9.78 Å². The number of carbonyl (C=O) groups excluding carboxylic acids is 2. The standard InChI is InChI=1S/C16H24N6O3/c1-3-17-15-18-12(2)10-13(19-15)20-4-6-21(7-5-20)14(23)11-22-8-9-25-16(22)24/h10H,3-9,11H2,1-2H3,(H,17,18,19). The summed E-state index contributed by atoms with van der Waals surface area (Å²) in [6.45, 7) is 8.30. The average Bonchev–Trinajstić information content (AvgIpc) is 2.99. The molecule has 0 bridgehead atoms. The van der Waals surface area contributed by atoms with Gasteiger partial charge in [0, 0.05) is 44.5 Å².